The zero-order valence-electron chi connectivity index (χ0n) is 15.1. The Morgan fingerprint density at radius 2 is 1.84 bits per heavy atom. The number of carbonyl (C=O) groups is 1. The van der Waals surface area contributed by atoms with Crippen LogP contribution in [-0.2, 0) is 4.79 Å². The first-order valence-electron chi connectivity index (χ1n) is 9.99. The van der Waals surface area contributed by atoms with Crippen LogP contribution >= 0.6 is 0 Å². The van der Waals surface area contributed by atoms with E-state index in [1.165, 1.54) is 31.2 Å². The standard InChI is InChI=1S/C22H30N2O/c25-22(17-21-16-19-8-9-20(21)15-19)24-13-11-23(12-14-24)10-4-7-18-5-2-1-3-6-18/h1-7,19-21H,8-17H2. The fourth-order valence-corrected chi connectivity index (χ4v) is 5.06. The van der Waals surface area contributed by atoms with Gasteiger partial charge in [-0.15, -0.1) is 0 Å². The third kappa shape index (κ3) is 4.14. The third-order valence-electron chi connectivity index (χ3n) is 6.52. The Kier molecular flexibility index (Phi) is 5.21. The average molecular weight is 338 g/mol. The maximum atomic E-state index is 12.6. The number of hydrogen-bond acceptors (Lipinski definition) is 2. The lowest BCUT2D eigenvalue weighted by Gasteiger charge is -2.35. The van der Waals surface area contributed by atoms with Crippen molar-refractivity contribution < 1.29 is 4.79 Å². The van der Waals surface area contributed by atoms with Gasteiger partial charge in [-0.25, -0.2) is 0 Å². The second-order valence-corrected chi connectivity index (χ2v) is 8.13. The highest BCUT2D eigenvalue weighted by atomic mass is 16.2. The van der Waals surface area contributed by atoms with Crippen molar-refractivity contribution in [1.29, 1.82) is 0 Å². The number of piperazine rings is 1. The van der Waals surface area contributed by atoms with Crippen molar-refractivity contribution in [2.24, 2.45) is 17.8 Å². The molecule has 4 rings (SSSR count). The molecule has 3 heteroatoms. The molecular weight excluding hydrogens is 308 g/mol. The van der Waals surface area contributed by atoms with Gasteiger partial charge >= 0.3 is 0 Å². The van der Waals surface area contributed by atoms with Crippen molar-refractivity contribution in [1.82, 2.24) is 9.80 Å². The molecule has 3 nitrogen and oxygen atoms in total. The third-order valence-corrected chi connectivity index (χ3v) is 6.52. The quantitative estimate of drug-likeness (QED) is 0.818. The molecule has 1 heterocycles. The Morgan fingerprint density at radius 3 is 2.52 bits per heavy atom. The first-order valence-corrected chi connectivity index (χ1v) is 9.99. The summed E-state index contributed by atoms with van der Waals surface area (Å²) < 4.78 is 0. The van der Waals surface area contributed by atoms with Crippen molar-refractivity contribution in [3.63, 3.8) is 0 Å². The van der Waals surface area contributed by atoms with Gasteiger partial charge in [-0.3, -0.25) is 9.69 Å². The number of rotatable bonds is 5. The van der Waals surface area contributed by atoms with E-state index in [1.807, 2.05) is 6.07 Å². The molecular formula is C22H30N2O. The predicted molar refractivity (Wildman–Crippen MR) is 102 cm³/mol. The number of hydrogen-bond donors (Lipinski definition) is 0. The summed E-state index contributed by atoms with van der Waals surface area (Å²) in [6.07, 6.45) is 10.8. The highest BCUT2D eigenvalue weighted by molar-refractivity contribution is 5.76. The SMILES string of the molecule is O=C(CC1CC2CCC1C2)N1CCN(CC=Cc2ccccc2)CC1. The lowest BCUT2D eigenvalue weighted by Crippen LogP contribution is -2.49. The normalized spacial score (nSPS) is 29.6. The van der Waals surface area contributed by atoms with Crippen LogP contribution in [0.15, 0.2) is 36.4 Å². The lowest BCUT2D eigenvalue weighted by atomic mass is 9.86. The largest absolute Gasteiger partial charge is 0.340 e. The molecule has 2 aliphatic carbocycles. The van der Waals surface area contributed by atoms with E-state index in [0.29, 0.717) is 11.8 Å². The van der Waals surface area contributed by atoms with Gasteiger partial charge in [0.15, 0.2) is 0 Å². The van der Waals surface area contributed by atoms with Crippen LogP contribution in [0.2, 0.25) is 0 Å². The van der Waals surface area contributed by atoms with Crippen molar-refractivity contribution >= 4 is 12.0 Å². The molecule has 0 spiro atoms. The molecule has 2 bridgehead atoms. The minimum atomic E-state index is 0.414. The number of nitrogens with zero attached hydrogens (tertiary/aromatic N) is 2. The molecule has 1 saturated heterocycles. The Labute approximate surface area is 151 Å². The molecule has 1 aliphatic heterocycles. The van der Waals surface area contributed by atoms with E-state index in [0.717, 1.165) is 51.0 Å². The van der Waals surface area contributed by atoms with Crippen molar-refractivity contribution in [3.05, 3.63) is 42.0 Å². The van der Waals surface area contributed by atoms with Crippen LogP contribution in [0.4, 0.5) is 0 Å². The second-order valence-electron chi connectivity index (χ2n) is 8.13. The lowest BCUT2D eigenvalue weighted by molar-refractivity contribution is -0.134. The summed E-state index contributed by atoms with van der Waals surface area (Å²) in [6, 6.07) is 10.4. The molecule has 0 N–H and O–H groups in total. The first-order chi connectivity index (χ1) is 12.3. The summed E-state index contributed by atoms with van der Waals surface area (Å²) in [5, 5.41) is 0. The minimum absolute atomic E-state index is 0.414. The predicted octanol–water partition coefficient (Wildman–Crippen LogP) is 3.67. The summed E-state index contributed by atoms with van der Waals surface area (Å²) >= 11 is 0. The number of benzene rings is 1. The van der Waals surface area contributed by atoms with Crippen molar-refractivity contribution in [2.75, 3.05) is 32.7 Å². The van der Waals surface area contributed by atoms with Gasteiger partial charge in [-0.2, -0.15) is 0 Å². The molecule has 25 heavy (non-hydrogen) atoms. The van der Waals surface area contributed by atoms with Gasteiger partial charge in [0, 0.05) is 39.1 Å². The first kappa shape index (κ1) is 16.8. The molecule has 0 aromatic heterocycles. The van der Waals surface area contributed by atoms with E-state index in [4.69, 9.17) is 0 Å². The van der Waals surface area contributed by atoms with Crippen molar-refractivity contribution in [3.8, 4) is 0 Å². The van der Waals surface area contributed by atoms with Crippen LogP contribution in [0.25, 0.3) is 6.08 Å². The topological polar surface area (TPSA) is 23.6 Å². The van der Waals surface area contributed by atoms with Crippen LogP contribution in [0.3, 0.4) is 0 Å². The Morgan fingerprint density at radius 1 is 1.04 bits per heavy atom. The highest BCUT2D eigenvalue weighted by Gasteiger charge is 2.40. The highest BCUT2D eigenvalue weighted by Crippen LogP contribution is 2.49. The van der Waals surface area contributed by atoms with Gasteiger partial charge in [0.2, 0.25) is 5.91 Å². The Bertz CT molecular complexity index is 604. The molecule has 0 radical (unpaired) electrons. The van der Waals surface area contributed by atoms with Gasteiger partial charge < -0.3 is 4.90 Å². The molecule has 3 unspecified atom stereocenters. The van der Waals surface area contributed by atoms with Gasteiger partial charge in [0.25, 0.3) is 0 Å². The molecule has 3 aliphatic rings. The fraction of sp³-hybridized carbons (Fsp3) is 0.591. The number of fused-ring (bicyclic) bond motifs is 2. The molecule has 1 amide bonds. The summed E-state index contributed by atoms with van der Waals surface area (Å²) in [4.78, 5) is 17.2. The van der Waals surface area contributed by atoms with Crippen LogP contribution in [-0.4, -0.2) is 48.4 Å². The molecule has 3 fully saturated rings. The minimum Gasteiger partial charge on any atom is -0.340 e. The van der Waals surface area contributed by atoms with Crippen LogP contribution in [0, 0.1) is 17.8 Å². The van der Waals surface area contributed by atoms with E-state index in [2.05, 4.69) is 46.2 Å². The van der Waals surface area contributed by atoms with Gasteiger partial charge in [-0.1, -0.05) is 48.9 Å². The summed E-state index contributed by atoms with van der Waals surface area (Å²) in [6.45, 7) is 4.78. The van der Waals surface area contributed by atoms with Gasteiger partial charge in [0.1, 0.15) is 0 Å². The maximum absolute atomic E-state index is 12.6. The fourth-order valence-electron chi connectivity index (χ4n) is 5.06. The Hall–Kier alpha value is -1.61. The van der Waals surface area contributed by atoms with Crippen LogP contribution < -0.4 is 0 Å². The summed E-state index contributed by atoms with van der Waals surface area (Å²) in [5.74, 6) is 2.91. The van der Waals surface area contributed by atoms with Gasteiger partial charge in [0.05, 0.1) is 0 Å². The molecule has 1 aromatic carbocycles. The van der Waals surface area contributed by atoms with E-state index in [1.54, 1.807) is 0 Å². The molecule has 134 valence electrons. The summed E-state index contributed by atoms with van der Waals surface area (Å²) in [7, 11) is 0. The van der Waals surface area contributed by atoms with E-state index in [-0.39, 0.29) is 0 Å². The molecule has 1 aromatic rings. The van der Waals surface area contributed by atoms with Crippen LogP contribution in [0.1, 0.15) is 37.7 Å². The number of amides is 1. The zero-order chi connectivity index (χ0) is 17.1. The molecule has 3 atom stereocenters. The van der Waals surface area contributed by atoms with Crippen LogP contribution in [0.5, 0.6) is 0 Å². The van der Waals surface area contributed by atoms with Crippen molar-refractivity contribution in [2.45, 2.75) is 32.1 Å². The zero-order valence-corrected chi connectivity index (χ0v) is 15.1. The average Bonchev–Trinajstić information content (AvgIpc) is 3.26. The number of carbonyl (C=O) groups excluding carboxylic acids is 1. The second kappa shape index (κ2) is 7.74. The van der Waals surface area contributed by atoms with E-state index >= 15 is 0 Å². The Balaban J connectivity index is 1.19. The maximum Gasteiger partial charge on any atom is 0.222 e. The van der Waals surface area contributed by atoms with E-state index < -0.39 is 0 Å². The van der Waals surface area contributed by atoms with Gasteiger partial charge in [-0.05, 0) is 42.6 Å². The molecule has 2 saturated carbocycles. The smallest absolute Gasteiger partial charge is 0.222 e. The monoisotopic (exact) mass is 338 g/mol. The van der Waals surface area contributed by atoms with E-state index in [9.17, 15) is 4.79 Å². The summed E-state index contributed by atoms with van der Waals surface area (Å²) in [5.41, 5.74) is 1.25.